The first-order valence-electron chi connectivity index (χ1n) is 9.89. The number of likely N-dealkylation sites (tertiary alicyclic amines) is 2. The van der Waals surface area contributed by atoms with E-state index in [1.54, 1.807) is 0 Å². The van der Waals surface area contributed by atoms with Gasteiger partial charge in [-0.15, -0.1) is 0 Å². The third kappa shape index (κ3) is 3.65. The van der Waals surface area contributed by atoms with E-state index in [4.69, 9.17) is 4.99 Å². The van der Waals surface area contributed by atoms with Gasteiger partial charge in [0.25, 0.3) is 0 Å². The molecule has 0 bridgehead atoms. The van der Waals surface area contributed by atoms with Crippen LogP contribution in [0.2, 0.25) is 0 Å². The molecule has 0 radical (unpaired) electrons. The van der Waals surface area contributed by atoms with Gasteiger partial charge >= 0.3 is 0 Å². The van der Waals surface area contributed by atoms with Crippen molar-refractivity contribution in [3.05, 3.63) is 42.0 Å². The Hall–Kier alpha value is -2.03. The second-order valence-corrected chi connectivity index (χ2v) is 7.49. The van der Waals surface area contributed by atoms with Crippen molar-refractivity contribution < 1.29 is 0 Å². The minimum atomic E-state index is 1.13. The Bertz CT molecular complexity index is 733. The minimum absolute atomic E-state index is 1.13. The molecule has 2 aliphatic rings. The van der Waals surface area contributed by atoms with Crippen molar-refractivity contribution in [2.75, 3.05) is 26.2 Å². The van der Waals surface area contributed by atoms with Crippen molar-refractivity contribution in [2.45, 2.75) is 45.4 Å². The summed E-state index contributed by atoms with van der Waals surface area (Å²) in [4.78, 5) is 10.3. The molecular formula is C22H29N3. The maximum absolute atomic E-state index is 5.22. The van der Waals surface area contributed by atoms with Gasteiger partial charge in [0.1, 0.15) is 0 Å². The summed E-state index contributed by atoms with van der Waals surface area (Å²) in [6.07, 6.45) is 7.90. The van der Waals surface area contributed by atoms with Crippen LogP contribution in [0.4, 0.5) is 5.69 Å². The van der Waals surface area contributed by atoms with Gasteiger partial charge in [0.05, 0.1) is 5.69 Å². The van der Waals surface area contributed by atoms with E-state index in [1.807, 2.05) is 0 Å². The molecule has 3 nitrogen and oxygen atoms in total. The van der Waals surface area contributed by atoms with Crippen LogP contribution in [0.15, 0.2) is 41.4 Å². The zero-order valence-electron chi connectivity index (χ0n) is 15.4. The number of fused-ring (bicyclic) bond motifs is 1. The number of piperidine rings is 2. The molecule has 0 aliphatic carbocycles. The van der Waals surface area contributed by atoms with Gasteiger partial charge in [-0.1, -0.05) is 24.3 Å². The molecule has 3 heteroatoms. The van der Waals surface area contributed by atoms with E-state index in [1.165, 1.54) is 60.8 Å². The molecule has 2 saturated heterocycles. The fourth-order valence-corrected chi connectivity index (χ4v) is 4.10. The molecule has 2 aromatic rings. The minimum Gasteiger partial charge on any atom is -0.343 e. The number of nitrogens with zero attached hydrogens (tertiary/aromatic N) is 3. The molecular weight excluding hydrogens is 306 g/mol. The molecule has 4 rings (SSSR count). The highest BCUT2D eigenvalue weighted by atomic mass is 15.4. The molecule has 0 atom stereocenters. The van der Waals surface area contributed by atoms with Crippen LogP contribution in [0.25, 0.3) is 10.8 Å². The Morgan fingerprint density at radius 3 is 1.84 bits per heavy atom. The fourth-order valence-electron chi connectivity index (χ4n) is 4.10. The average molecular weight is 335 g/mol. The molecule has 25 heavy (non-hydrogen) atoms. The topological polar surface area (TPSA) is 18.8 Å². The molecule has 132 valence electrons. The summed E-state index contributed by atoms with van der Waals surface area (Å²) in [6, 6.07) is 13.1. The first-order chi connectivity index (χ1) is 12.3. The van der Waals surface area contributed by atoms with E-state index in [9.17, 15) is 0 Å². The molecule has 0 amide bonds. The van der Waals surface area contributed by atoms with Gasteiger partial charge in [-0.3, -0.25) is 0 Å². The molecule has 2 fully saturated rings. The van der Waals surface area contributed by atoms with Gasteiger partial charge in [0.2, 0.25) is 5.96 Å². The molecule has 0 N–H and O–H groups in total. The fraction of sp³-hybridized carbons (Fsp3) is 0.500. The van der Waals surface area contributed by atoms with E-state index in [0.29, 0.717) is 0 Å². The van der Waals surface area contributed by atoms with Gasteiger partial charge in [-0.05, 0) is 73.9 Å². The molecule has 2 aliphatic heterocycles. The lowest BCUT2D eigenvalue weighted by molar-refractivity contribution is 0.257. The van der Waals surface area contributed by atoms with Crippen molar-refractivity contribution in [3.8, 4) is 0 Å². The largest absolute Gasteiger partial charge is 0.343 e. The van der Waals surface area contributed by atoms with Crippen LogP contribution in [-0.4, -0.2) is 41.9 Å². The Labute approximate surface area is 151 Å². The van der Waals surface area contributed by atoms with Crippen molar-refractivity contribution in [1.82, 2.24) is 9.80 Å². The highest BCUT2D eigenvalue weighted by molar-refractivity contribution is 5.89. The maximum Gasteiger partial charge on any atom is 0.201 e. The Morgan fingerprint density at radius 1 is 0.760 bits per heavy atom. The third-order valence-corrected chi connectivity index (χ3v) is 5.56. The Kier molecular flexibility index (Phi) is 4.91. The van der Waals surface area contributed by atoms with Crippen molar-refractivity contribution >= 4 is 22.4 Å². The van der Waals surface area contributed by atoms with Gasteiger partial charge in [0.15, 0.2) is 0 Å². The number of hydrogen-bond donors (Lipinski definition) is 0. The zero-order chi connectivity index (χ0) is 17.1. The number of aryl methyl sites for hydroxylation is 1. The van der Waals surface area contributed by atoms with E-state index >= 15 is 0 Å². The van der Waals surface area contributed by atoms with Crippen LogP contribution in [0.5, 0.6) is 0 Å². The lowest BCUT2D eigenvalue weighted by Gasteiger charge is -2.38. The molecule has 0 spiro atoms. The van der Waals surface area contributed by atoms with E-state index in [-0.39, 0.29) is 0 Å². The number of aliphatic imine (C=N–C) groups is 1. The second kappa shape index (κ2) is 7.47. The predicted octanol–water partition coefficient (Wildman–Crippen LogP) is 5.11. The van der Waals surface area contributed by atoms with Crippen LogP contribution in [0.3, 0.4) is 0 Å². The number of rotatable bonds is 1. The van der Waals surface area contributed by atoms with Crippen LogP contribution < -0.4 is 0 Å². The van der Waals surface area contributed by atoms with Crippen molar-refractivity contribution in [2.24, 2.45) is 4.99 Å². The Balaban J connectivity index is 1.73. The van der Waals surface area contributed by atoms with Crippen molar-refractivity contribution in [3.63, 3.8) is 0 Å². The second-order valence-electron chi connectivity index (χ2n) is 7.49. The summed E-state index contributed by atoms with van der Waals surface area (Å²) < 4.78 is 0. The summed E-state index contributed by atoms with van der Waals surface area (Å²) in [7, 11) is 0. The van der Waals surface area contributed by atoms with Gasteiger partial charge < -0.3 is 9.80 Å². The van der Waals surface area contributed by atoms with Gasteiger partial charge in [-0.2, -0.15) is 0 Å². The van der Waals surface area contributed by atoms with E-state index < -0.39 is 0 Å². The molecule has 0 saturated carbocycles. The summed E-state index contributed by atoms with van der Waals surface area (Å²) in [5.74, 6) is 1.22. The lowest BCUT2D eigenvalue weighted by Crippen LogP contribution is -2.48. The standard InChI is InChI=1S/C22H29N3/c1-18-16-19-10-4-5-11-20(19)17-21(18)23-22(24-12-6-2-7-13-24)25-14-8-3-9-15-25/h4-5,10-11,16-17H,2-3,6-9,12-15H2,1H3. The zero-order valence-corrected chi connectivity index (χ0v) is 15.4. The summed E-state index contributed by atoms with van der Waals surface area (Å²) in [6.45, 7) is 6.81. The maximum atomic E-state index is 5.22. The number of guanidine groups is 1. The molecule has 2 heterocycles. The molecule has 2 aromatic carbocycles. The average Bonchev–Trinajstić information content (AvgIpc) is 2.67. The highest BCUT2D eigenvalue weighted by Crippen LogP contribution is 2.27. The first-order valence-corrected chi connectivity index (χ1v) is 9.89. The number of benzene rings is 2. The van der Waals surface area contributed by atoms with Crippen LogP contribution in [0, 0.1) is 6.92 Å². The van der Waals surface area contributed by atoms with Crippen LogP contribution in [0.1, 0.15) is 44.1 Å². The van der Waals surface area contributed by atoms with Crippen LogP contribution >= 0.6 is 0 Å². The lowest BCUT2D eigenvalue weighted by atomic mass is 10.1. The van der Waals surface area contributed by atoms with Gasteiger partial charge in [0, 0.05) is 26.2 Å². The molecule has 0 aromatic heterocycles. The Morgan fingerprint density at radius 2 is 1.28 bits per heavy atom. The third-order valence-electron chi connectivity index (χ3n) is 5.56. The van der Waals surface area contributed by atoms with E-state index in [0.717, 1.165) is 31.9 Å². The van der Waals surface area contributed by atoms with E-state index in [2.05, 4.69) is 53.1 Å². The predicted molar refractivity (Wildman–Crippen MR) is 107 cm³/mol. The normalized spacial score (nSPS) is 18.4. The summed E-state index contributed by atoms with van der Waals surface area (Å²) in [5, 5.41) is 2.58. The van der Waals surface area contributed by atoms with Gasteiger partial charge in [-0.25, -0.2) is 4.99 Å². The highest BCUT2D eigenvalue weighted by Gasteiger charge is 2.22. The summed E-state index contributed by atoms with van der Waals surface area (Å²) >= 11 is 0. The summed E-state index contributed by atoms with van der Waals surface area (Å²) in [5.41, 5.74) is 2.40. The quantitative estimate of drug-likeness (QED) is 0.533. The van der Waals surface area contributed by atoms with Crippen LogP contribution in [-0.2, 0) is 0 Å². The first kappa shape index (κ1) is 16.4. The smallest absolute Gasteiger partial charge is 0.201 e. The monoisotopic (exact) mass is 335 g/mol. The number of hydrogen-bond acceptors (Lipinski definition) is 1. The van der Waals surface area contributed by atoms with Crippen molar-refractivity contribution in [1.29, 1.82) is 0 Å². The SMILES string of the molecule is Cc1cc2ccccc2cc1N=C(N1CCCCC1)N1CCCCC1. The molecule has 0 unspecified atom stereocenters.